The Hall–Kier alpha value is -3.75. The average Bonchev–Trinajstić information content (AvgIpc) is 3.47. The van der Waals surface area contributed by atoms with Gasteiger partial charge in [0.25, 0.3) is 0 Å². The van der Waals surface area contributed by atoms with Gasteiger partial charge in [-0.1, -0.05) is 42.5 Å². The molecular weight excluding hydrogens is 463 g/mol. The number of benzene rings is 3. The molecule has 0 radical (unpaired) electrons. The molecule has 1 atom stereocenters. The molecule has 0 bridgehead atoms. The zero-order valence-corrected chi connectivity index (χ0v) is 19.6. The van der Waals surface area contributed by atoms with Crippen LogP contribution in [0.15, 0.2) is 66.7 Å². The third-order valence-corrected chi connectivity index (χ3v) is 7.26. The Morgan fingerprint density at radius 3 is 2.56 bits per heavy atom. The topological polar surface area (TPSA) is 68.3 Å². The Morgan fingerprint density at radius 2 is 1.75 bits per heavy atom. The van der Waals surface area contributed by atoms with Crippen LogP contribution in [0.1, 0.15) is 28.7 Å². The second-order valence-corrected chi connectivity index (χ2v) is 9.42. The van der Waals surface area contributed by atoms with E-state index >= 15 is 0 Å². The SMILES string of the molecule is O=C(CC1(c2ccccc2)C(=O)Oc2ccc(F)cc21)N1CCN(Cc2ccc3c(c2)OOC3)CC1. The highest BCUT2D eigenvalue weighted by Gasteiger charge is 2.52. The monoisotopic (exact) mass is 488 g/mol. The minimum absolute atomic E-state index is 0.117. The first-order valence-electron chi connectivity index (χ1n) is 12.0. The van der Waals surface area contributed by atoms with E-state index in [0.29, 0.717) is 49.7 Å². The molecule has 3 heterocycles. The largest absolute Gasteiger partial charge is 0.425 e. The van der Waals surface area contributed by atoms with Crippen LogP contribution in [0.5, 0.6) is 11.5 Å². The van der Waals surface area contributed by atoms with Gasteiger partial charge in [0.05, 0.1) is 6.42 Å². The molecule has 1 saturated heterocycles. The third kappa shape index (κ3) is 3.92. The quantitative estimate of drug-likeness (QED) is 0.311. The Labute approximate surface area is 207 Å². The molecule has 184 valence electrons. The highest BCUT2D eigenvalue weighted by molar-refractivity contribution is 5.98. The Morgan fingerprint density at radius 1 is 0.944 bits per heavy atom. The Kier molecular flexibility index (Phi) is 5.70. The average molecular weight is 489 g/mol. The number of amides is 1. The molecule has 3 aliphatic heterocycles. The van der Waals surface area contributed by atoms with Crippen LogP contribution in [0, 0.1) is 5.82 Å². The summed E-state index contributed by atoms with van der Waals surface area (Å²) < 4.78 is 19.8. The van der Waals surface area contributed by atoms with Crippen molar-refractivity contribution in [2.24, 2.45) is 0 Å². The van der Waals surface area contributed by atoms with E-state index in [1.807, 2.05) is 18.2 Å². The van der Waals surface area contributed by atoms with Gasteiger partial charge in [-0.25, -0.2) is 4.39 Å². The maximum Gasteiger partial charge on any atom is 0.327 e. The molecule has 0 saturated carbocycles. The van der Waals surface area contributed by atoms with Crippen molar-refractivity contribution in [1.82, 2.24) is 9.80 Å². The van der Waals surface area contributed by atoms with Gasteiger partial charge in [-0.15, -0.1) is 0 Å². The second kappa shape index (κ2) is 9.04. The Bertz CT molecular complexity index is 1320. The molecule has 6 rings (SSSR count). The van der Waals surface area contributed by atoms with Crippen molar-refractivity contribution in [3.05, 3.63) is 94.8 Å². The van der Waals surface area contributed by atoms with E-state index in [-0.39, 0.29) is 12.3 Å². The van der Waals surface area contributed by atoms with Crippen molar-refractivity contribution in [1.29, 1.82) is 0 Å². The number of esters is 1. The molecule has 7 nitrogen and oxygen atoms in total. The van der Waals surface area contributed by atoms with Crippen molar-refractivity contribution in [2.75, 3.05) is 26.2 Å². The summed E-state index contributed by atoms with van der Waals surface area (Å²) >= 11 is 0. The number of carbonyl (C=O) groups is 2. The lowest BCUT2D eigenvalue weighted by atomic mass is 9.72. The van der Waals surface area contributed by atoms with Crippen molar-refractivity contribution >= 4 is 11.9 Å². The summed E-state index contributed by atoms with van der Waals surface area (Å²) in [5.41, 5.74) is 1.80. The van der Waals surface area contributed by atoms with Crippen LogP contribution >= 0.6 is 0 Å². The van der Waals surface area contributed by atoms with Crippen LogP contribution in [0.2, 0.25) is 0 Å². The van der Waals surface area contributed by atoms with Gasteiger partial charge >= 0.3 is 5.97 Å². The van der Waals surface area contributed by atoms with Crippen LogP contribution in [0.25, 0.3) is 0 Å². The fraction of sp³-hybridized carbons (Fsp3) is 0.286. The molecule has 1 amide bonds. The standard InChI is InChI=1S/C28H25FN2O5/c29-22-8-9-24-23(15-22)28(27(33)35-24,21-4-2-1-3-5-21)16-26(32)31-12-10-30(11-13-31)17-19-6-7-20-18-34-36-25(20)14-19/h1-9,14-15H,10-13,16-18H2. The molecule has 1 unspecified atom stereocenters. The minimum Gasteiger partial charge on any atom is -0.425 e. The van der Waals surface area contributed by atoms with E-state index in [0.717, 1.165) is 23.4 Å². The van der Waals surface area contributed by atoms with Gasteiger partial charge in [0, 0.05) is 43.9 Å². The summed E-state index contributed by atoms with van der Waals surface area (Å²) in [6.07, 6.45) is -0.117. The number of nitrogens with zero attached hydrogens (tertiary/aromatic N) is 2. The highest BCUT2D eigenvalue weighted by Crippen LogP contribution is 2.47. The van der Waals surface area contributed by atoms with Gasteiger partial charge in [0.1, 0.15) is 23.6 Å². The van der Waals surface area contributed by atoms with Crippen molar-refractivity contribution in [2.45, 2.75) is 25.0 Å². The second-order valence-electron chi connectivity index (χ2n) is 9.42. The van der Waals surface area contributed by atoms with Gasteiger partial charge in [-0.05, 0) is 35.4 Å². The van der Waals surface area contributed by atoms with E-state index in [2.05, 4.69) is 11.0 Å². The Balaban J connectivity index is 1.18. The molecule has 3 aromatic carbocycles. The summed E-state index contributed by atoms with van der Waals surface area (Å²) in [6.45, 7) is 3.69. The molecule has 3 aliphatic rings. The molecule has 0 spiro atoms. The lowest BCUT2D eigenvalue weighted by molar-refractivity contribution is -0.194. The van der Waals surface area contributed by atoms with Crippen LogP contribution in [0.3, 0.4) is 0 Å². The normalized spacial score (nSPS) is 21.0. The molecule has 1 fully saturated rings. The van der Waals surface area contributed by atoms with Gasteiger partial charge in [0.15, 0.2) is 5.75 Å². The summed E-state index contributed by atoms with van der Waals surface area (Å²) in [4.78, 5) is 41.1. The predicted octanol–water partition coefficient (Wildman–Crippen LogP) is 3.59. The van der Waals surface area contributed by atoms with Crippen molar-refractivity contribution in [3.8, 4) is 11.5 Å². The van der Waals surface area contributed by atoms with E-state index in [1.54, 1.807) is 29.2 Å². The molecule has 3 aromatic rings. The van der Waals surface area contributed by atoms with Gasteiger partial charge in [-0.3, -0.25) is 14.5 Å². The molecule has 0 N–H and O–H groups in total. The maximum atomic E-state index is 14.3. The van der Waals surface area contributed by atoms with E-state index in [9.17, 15) is 14.0 Å². The van der Waals surface area contributed by atoms with Crippen LogP contribution < -0.4 is 9.62 Å². The molecule has 36 heavy (non-hydrogen) atoms. The van der Waals surface area contributed by atoms with Crippen molar-refractivity contribution < 1.29 is 28.5 Å². The third-order valence-electron chi connectivity index (χ3n) is 7.26. The molecule has 8 heteroatoms. The summed E-state index contributed by atoms with van der Waals surface area (Å²) in [7, 11) is 0. The lowest BCUT2D eigenvalue weighted by Gasteiger charge is -2.36. The number of halogens is 1. The first kappa shape index (κ1) is 22.7. The van der Waals surface area contributed by atoms with E-state index in [4.69, 9.17) is 14.5 Å². The number of piperazine rings is 1. The number of hydrogen-bond donors (Lipinski definition) is 0. The minimum atomic E-state index is -1.38. The first-order chi connectivity index (χ1) is 17.5. The number of fused-ring (bicyclic) bond motifs is 2. The maximum absolute atomic E-state index is 14.3. The molecule has 0 aromatic heterocycles. The number of hydrogen-bond acceptors (Lipinski definition) is 6. The molecular formula is C28H25FN2O5. The van der Waals surface area contributed by atoms with E-state index in [1.165, 1.54) is 18.2 Å². The van der Waals surface area contributed by atoms with Crippen LogP contribution in [-0.2, 0) is 33.0 Å². The lowest BCUT2D eigenvalue weighted by Crippen LogP contribution is -2.50. The van der Waals surface area contributed by atoms with E-state index < -0.39 is 17.2 Å². The number of rotatable bonds is 5. The number of carbonyl (C=O) groups excluding carboxylic acids is 2. The number of ether oxygens (including phenoxy) is 1. The van der Waals surface area contributed by atoms with Gasteiger partial charge in [-0.2, -0.15) is 4.89 Å². The summed E-state index contributed by atoms with van der Waals surface area (Å²) in [5, 5.41) is 0. The fourth-order valence-electron chi connectivity index (χ4n) is 5.29. The van der Waals surface area contributed by atoms with Crippen molar-refractivity contribution in [3.63, 3.8) is 0 Å². The zero-order valence-electron chi connectivity index (χ0n) is 19.6. The predicted molar refractivity (Wildman–Crippen MR) is 128 cm³/mol. The van der Waals surface area contributed by atoms with Crippen LogP contribution in [0.4, 0.5) is 4.39 Å². The highest BCUT2D eigenvalue weighted by atomic mass is 19.1. The first-order valence-corrected chi connectivity index (χ1v) is 12.0. The summed E-state index contributed by atoms with van der Waals surface area (Å²) in [5.74, 6) is -0.129. The summed E-state index contributed by atoms with van der Waals surface area (Å²) in [6, 6.07) is 19.1. The van der Waals surface area contributed by atoms with Gasteiger partial charge in [0.2, 0.25) is 5.91 Å². The smallest absolute Gasteiger partial charge is 0.327 e. The van der Waals surface area contributed by atoms with Gasteiger partial charge < -0.3 is 14.5 Å². The zero-order chi connectivity index (χ0) is 24.7. The van der Waals surface area contributed by atoms with Crippen LogP contribution in [-0.4, -0.2) is 47.9 Å². The molecule has 0 aliphatic carbocycles. The fourth-order valence-corrected chi connectivity index (χ4v) is 5.29.